The van der Waals surface area contributed by atoms with Gasteiger partial charge >= 0.3 is 0 Å². The first-order valence-corrected chi connectivity index (χ1v) is 11.5. The Hall–Kier alpha value is -2.09. The van der Waals surface area contributed by atoms with E-state index in [2.05, 4.69) is 62.4 Å². The molecule has 0 radical (unpaired) electrons. The van der Waals surface area contributed by atoms with Crippen molar-refractivity contribution in [1.29, 1.82) is 0 Å². The zero-order valence-corrected chi connectivity index (χ0v) is 18.2. The van der Waals surface area contributed by atoms with Crippen LogP contribution in [-0.2, 0) is 4.79 Å². The Balaban J connectivity index is 1.49. The number of hydrogen-bond donors (Lipinski definition) is 0. The van der Waals surface area contributed by atoms with Crippen LogP contribution in [0.25, 0.3) is 11.1 Å². The van der Waals surface area contributed by atoms with Crippen molar-refractivity contribution in [3.05, 3.63) is 54.1 Å². The highest BCUT2D eigenvalue weighted by atomic mass is 16.5. The lowest BCUT2D eigenvalue weighted by Crippen LogP contribution is -2.21. The van der Waals surface area contributed by atoms with Gasteiger partial charge in [-0.2, -0.15) is 0 Å². The summed E-state index contributed by atoms with van der Waals surface area (Å²) in [7, 11) is 0. The molecule has 0 N–H and O–H groups in total. The van der Waals surface area contributed by atoms with Crippen molar-refractivity contribution in [3.8, 4) is 16.9 Å². The highest BCUT2D eigenvalue weighted by molar-refractivity contribution is 5.86. The van der Waals surface area contributed by atoms with Crippen molar-refractivity contribution < 1.29 is 9.53 Å². The fourth-order valence-electron chi connectivity index (χ4n) is 4.28. The Morgan fingerprint density at radius 1 is 0.828 bits per heavy atom. The third-order valence-electron chi connectivity index (χ3n) is 6.15. The molecule has 2 atom stereocenters. The number of carbonyl (C=O) groups is 1. The summed E-state index contributed by atoms with van der Waals surface area (Å²) >= 11 is 0. The van der Waals surface area contributed by atoms with Gasteiger partial charge in [0.05, 0.1) is 6.61 Å². The minimum Gasteiger partial charge on any atom is -0.494 e. The lowest BCUT2D eigenvalue weighted by atomic mass is 9.78. The molecule has 1 fully saturated rings. The van der Waals surface area contributed by atoms with Gasteiger partial charge in [0.1, 0.15) is 11.5 Å². The molecule has 0 heterocycles. The molecule has 0 aliphatic heterocycles. The molecule has 0 spiro atoms. The summed E-state index contributed by atoms with van der Waals surface area (Å²) in [6.45, 7) is 5.23. The molecule has 1 saturated carbocycles. The summed E-state index contributed by atoms with van der Waals surface area (Å²) < 4.78 is 5.88. The molecule has 1 aliphatic rings. The molecule has 2 nitrogen and oxygen atoms in total. The van der Waals surface area contributed by atoms with E-state index < -0.39 is 0 Å². The standard InChI is InChI=1S/C27H36O2/c1-3-4-5-6-7-8-19-29-25-16-14-23(15-17-25)22-10-12-24(13-11-22)26-18-9-21(2)20-27(26)28/h10-17,21,26H,3-9,18-20H2,1-2H3. The Labute approximate surface area is 176 Å². The Morgan fingerprint density at radius 3 is 2.10 bits per heavy atom. The summed E-state index contributed by atoms with van der Waals surface area (Å²) in [5.74, 6) is 1.99. The van der Waals surface area contributed by atoms with Crippen LogP contribution in [-0.4, -0.2) is 12.4 Å². The number of carbonyl (C=O) groups excluding carboxylic acids is 1. The van der Waals surface area contributed by atoms with Gasteiger partial charge in [0.25, 0.3) is 0 Å². The molecule has 0 amide bonds. The van der Waals surface area contributed by atoms with Crippen molar-refractivity contribution in [3.63, 3.8) is 0 Å². The van der Waals surface area contributed by atoms with Crippen LogP contribution in [0.1, 0.15) is 83.1 Å². The van der Waals surface area contributed by atoms with Crippen molar-refractivity contribution in [1.82, 2.24) is 0 Å². The lowest BCUT2D eigenvalue weighted by molar-refractivity contribution is -0.123. The predicted octanol–water partition coefficient (Wildman–Crippen LogP) is 7.57. The van der Waals surface area contributed by atoms with Gasteiger partial charge in [-0.15, -0.1) is 0 Å². The average Bonchev–Trinajstić information content (AvgIpc) is 2.74. The quantitative estimate of drug-likeness (QED) is 0.390. The van der Waals surface area contributed by atoms with E-state index in [0.29, 0.717) is 11.7 Å². The smallest absolute Gasteiger partial charge is 0.140 e. The number of unbranched alkanes of at least 4 members (excludes halogenated alkanes) is 5. The van der Waals surface area contributed by atoms with Gasteiger partial charge in [0.15, 0.2) is 0 Å². The molecule has 0 aromatic heterocycles. The van der Waals surface area contributed by atoms with Gasteiger partial charge in [-0.3, -0.25) is 4.79 Å². The summed E-state index contributed by atoms with van der Waals surface area (Å²) in [6, 6.07) is 16.9. The van der Waals surface area contributed by atoms with E-state index in [1.54, 1.807) is 0 Å². The van der Waals surface area contributed by atoms with Gasteiger partial charge in [0, 0.05) is 12.3 Å². The molecule has 2 heteroatoms. The average molecular weight is 393 g/mol. The molecule has 3 rings (SSSR count). The minimum atomic E-state index is 0.0954. The van der Waals surface area contributed by atoms with E-state index in [1.165, 1.54) is 48.8 Å². The zero-order valence-electron chi connectivity index (χ0n) is 18.2. The van der Waals surface area contributed by atoms with E-state index in [-0.39, 0.29) is 5.92 Å². The molecule has 29 heavy (non-hydrogen) atoms. The SMILES string of the molecule is CCCCCCCCOc1ccc(-c2ccc(C3CCC(C)CC3=O)cc2)cc1. The van der Waals surface area contributed by atoms with Gasteiger partial charge in [-0.1, -0.05) is 82.3 Å². The van der Waals surface area contributed by atoms with Crippen LogP contribution in [0.5, 0.6) is 5.75 Å². The number of ketones is 1. The van der Waals surface area contributed by atoms with Crippen LogP contribution < -0.4 is 4.74 Å². The second-order valence-electron chi connectivity index (χ2n) is 8.67. The third-order valence-corrected chi connectivity index (χ3v) is 6.15. The topological polar surface area (TPSA) is 26.3 Å². The van der Waals surface area contributed by atoms with E-state index in [1.807, 2.05) is 0 Å². The fourth-order valence-corrected chi connectivity index (χ4v) is 4.28. The minimum absolute atomic E-state index is 0.0954. The van der Waals surface area contributed by atoms with Crippen molar-refractivity contribution in [2.75, 3.05) is 6.61 Å². The first kappa shape index (κ1) is 21.6. The number of rotatable bonds is 10. The predicted molar refractivity (Wildman–Crippen MR) is 122 cm³/mol. The van der Waals surface area contributed by atoms with Crippen LogP contribution in [0.3, 0.4) is 0 Å². The number of hydrogen-bond acceptors (Lipinski definition) is 2. The maximum atomic E-state index is 12.4. The lowest BCUT2D eigenvalue weighted by Gasteiger charge is -2.25. The summed E-state index contributed by atoms with van der Waals surface area (Å²) in [6.07, 6.45) is 10.6. The molecule has 156 valence electrons. The summed E-state index contributed by atoms with van der Waals surface area (Å²) in [5.41, 5.74) is 3.55. The monoisotopic (exact) mass is 392 g/mol. The highest BCUT2D eigenvalue weighted by Crippen LogP contribution is 2.34. The molecule has 1 aliphatic carbocycles. The molecular formula is C27H36O2. The van der Waals surface area contributed by atoms with E-state index in [4.69, 9.17) is 4.74 Å². The van der Waals surface area contributed by atoms with Crippen LogP contribution >= 0.6 is 0 Å². The first-order valence-electron chi connectivity index (χ1n) is 11.5. The number of ether oxygens (including phenoxy) is 1. The molecule has 2 aromatic carbocycles. The first-order chi connectivity index (χ1) is 14.2. The van der Waals surface area contributed by atoms with Crippen LogP contribution in [0, 0.1) is 5.92 Å². The van der Waals surface area contributed by atoms with E-state index in [9.17, 15) is 4.79 Å². The highest BCUT2D eigenvalue weighted by Gasteiger charge is 2.27. The zero-order chi connectivity index (χ0) is 20.5. The second kappa shape index (κ2) is 11.2. The van der Waals surface area contributed by atoms with Crippen molar-refractivity contribution in [2.24, 2.45) is 5.92 Å². The molecule has 0 bridgehead atoms. The molecule has 2 aromatic rings. The van der Waals surface area contributed by atoms with Crippen molar-refractivity contribution in [2.45, 2.75) is 77.6 Å². The Morgan fingerprint density at radius 2 is 1.45 bits per heavy atom. The summed E-state index contributed by atoms with van der Waals surface area (Å²) in [5, 5.41) is 0. The van der Waals surface area contributed by atoms with Gasteiger partial charge in [-0.25, -0.2) is 0 Å². The molecular weight excluding hydrogens is 356 g/mol. The summed E-state index contributed by atoms with van der Waals surface area (Å²) in [4.78, 5) is 12.4. The van der Waals surface area contributed by atoms with Gasteiger partial charge in [0.2, 0.25) is 0 Å². The molecule has 2 unspecified atom stereocenters. The van der Waals surface area contributed by atoms with E-state index >= 15 is 0 Å². The number of Topliss-reactive ketones (excluding diaryl/α,β-unsaturated/α-hetero) is 1. The second-order valence-corrected chi connectivity index (χ2v) is 8.67. The van der Waals surface area contributed by atoms with E-state index in [0.717, 1.165) is 38.0 Å². The molecule has 0 saturated heterocycles. The van der Waals surface area contributed by atoms with Crippen LogP contribution in [0.15, 0.2) is 48.5 Å². The van der Waals surface area contributed by atoms with Crippen molar-refractivity contribution >= 4 is 5.78 Å². The Kier molecular flexibility index (Phi) is 8.34. The third kappa shape index (κ3) is 6.45. The normalized spacial score (nSPS) is 19.3. The van der Waals surface area contributed by atoms with Gasteiger partial charge < -0.3 is 4.74 Å². The maximum absolute atomic E-state index is 12.4. The van der Waals surface area contributed by atoms with Crippen LogP contribution in [0.4, 0.5) is 0 Å². The maximum Gasteiger partial charge on any atom is 0.140 e. The fraction of sp³-hybridized carbons (Fsp3) is 0.519. The Bertz CT molecular complexity index is 745. The largest absolute Gasteiger partial charge is 0.494 e. The van der Waals surface area contributed by atoms with Gasteiger partial charge in [-0.05, 0) is 54.0 Å². The van der Waals surface area contributed by atoms with Crippen LogP contribution in [0.2, 0.25) is 0 Å². The number of benzene rings is 2.